The number of fused-ring (bicyclic) bond motifs is 1. The minimum atomic E-state index is -0.542. The molecule has 1 aliphatic rings. The maximum Gasteiger partial charge on any atom is 0.127 e. The van der Waals surface area contributed by atoms with Crippen LogP contribution in [-0.2, 0) is 6.54 Å². The van der Waals surface area contributed by atoms with Crippen molar-refractivity contribution in [2.75, 3.05) is 18.8 Å². The number of hydrogen-bond acceptors (Lipinski definition) is 6. The van der Waals surface area contributed by atoms with Crippen LogP contribution in [0.4, 0.5) is 5.82 Å². The van der Waals surface area contributed by atoms with Crippen molar-refractivity contribution in [2.24, 2.45) is 0 Å². The van der Waals surface area contributed by atoms with Crippen molar-refractivity contribution in [3.05, 3.63) is 60.6 Å². The van der Waals surface area contributed by atoms with Gasteiger partial charge in [0.2, 0.25) is 0 Å². The summed E-state index contributed by atoms with van der Waals surface area (Å²) in [6, 6.07) is 11.7. The third-order valence-electron chi connectivity index (χ3n) is 4.78. The van der Waals surface area contributed by atoms with E-state index in [1.165, 1.54) is 0 Å². The van der Waals surface area contributed by atoms with Crippen LogP contribution in [0.3, 0.4) is 0 Å². The number of pyridine rings is 2. The van der Waals surface area contributed by atoms with Crippen LogP contribution >= 0.6 is 0 Å². The molecule has 0 aliphatic carbocycles. The van der Waals surface area contributed by atoms with Gasteiger partial charge in [0.25, 0.3) is 0 Å². The van der Waals surface area contributed by atoms with E-state index in [-0.39, 0.29) is 6.10 Å². The van der Waals surface area contributed by atoms with Gasteiger partial charge in [-0.3, -0.25) is 9.88 Å². The number of likely N-dealkylation sites (tertiary alicyclic amines) is 1. The summed E-state index contributed by atoms with van der Waals surface area (Å²) in [5.74, 6) is 1.32. The maximum absolute atomic E-state index is 10.6. The molecule has 134 valence electrons. The summed E-state index contributed by atoms with van der Waals surface area (Å²) in [4.78, 5) is 10.4. The zero-order valence-electron chi connectivity index (χ0n) is 14.5. The van der Waals surface area contributed by atoms with Crippen molar-refractivity contribution in [1.82, 2.24) is 14.9 Å². The van der Waals surface area contributed by atoms with Gasteiger partial charge in [-0.15, -0.1) is 0 Å². The molecule has 3 N–H and O–H groups in total. The van der Waals surface area contributed by atoms with E-state index >= 15 is 0 Å². The standard InChI is InChI=1S/C20H22N4O2/c21-20-10-14(4-8-23-20)12-24-9-6-19(17(25)13-24)26-18-3-1-2-15-11-22-7-5-16(15)18/h1-5,7-8,10-11,17,19,25H,6,9,12-13H2,(H2,21,23)/t17-,19-/m1/s1. The largest absolute Gasteiger partial charge is 0.487 e. The molecular formula is C20H22N4O2. The third-order valence-corrected chi connectivity index (χ3v) is 4.78. The fourth-order valence-electron chi connectivity index (χ4n) is 3.47. The Bertz CT molecular complexity index is 896. The van der Waals surface area contributed by atoms with E-state index in [1.807, 2.05) is 42.6 Å². The van der Waals surface area contributed by atoms with Crippen LogP contribution in [0.25, 0.3) is 10.8 Å². The van der Waals surface area contributed by atoms with E-state index in [9.17, 15) is 5.11 Å². The summed E-state index contributed by atoms with van der Waals surface area (Å²) < 4.78 is 6.16. The average Bonchev–Trinajstić information content (AvgIpc) is 2.64. The number of piperidine rings is 1. The number of nitrogens with zero attached hydrogens (tertiary/aromatic N) is 3. The number of ether oxygens (including phenoxy) is 1. The summed E-state index contributed by atoms with van der Waals surface area (Å²) in [5, 5.41) is 12.6. The fourth-order valence-corrected chi connectivity index (χ4v) is 3.47. The van der Waals surface area contributed by atoms with E-state index < -0.39 is 6.10 Å². The van der Waals surface area contributed by atoms with Gasteiger partial charge in [-0.25, -0.2) is 4.98 Å². The number of nitrogens with two attached hydrogens (primary N) is 1. The number of nitrogen functional groups attached to an aromatic ring is 1. The molecular weight excluding hydrogens is 328 g/mol. The molecule has 3 aromatic rings. The van der Waals surface area contributed by atoms with Gasteiger partial charge < -0.3 is 15.6 Å². The molecule has 3 heterocycles. The van der Waals surface area contributed by atoms with Crippen LogP contribution in [0.1, 0.15) is 12.0 Å². The normalized spacial score (nSPS) is 21.0. The van der Waals surface area contributed by atoms with Crippen molar-refractivity contribution >= 4 is 16.6 Å². The molecule has 0 bridgehead atoms. The minimum absolute atomic E-state index is 0.215. The first-order valence-corrected chi connectivity index (χ1v) is 8.79. The Kier molecular flexibility index (Phi) is 4.69. The Labute approximate surface area is 152 Å². The molecule has 2 atom stereocenters. The Balaban J connectivity index is 1.42. The molecule has 6 heteroatoms. The van der Waals surface area contributed by atoms with Gasteiger partial charge in [0, 0.05) is 49.0 Å². The molecule has 26 heavy (non-hydrogen) atoms. The monoisotopic (exact) mass is 350 g/mol. The van der Waals surface area contributed by atoms with Crippen LogP contribution in [0.2, 0.25) is 0 Å². The number of aromatic nitrogens is 2. The quantitative estimate of drug-likeness (QED) is 0.751. The number of rotatable bonds is 4. The van der Waals surface area contributed by atoms with Gasteiger partial charge in [-0.05, 0) is 36.2 Å². The van der Waals surface area contributed by atoms with E-state index in [0.29, 0.717) is 12.4 Å². The third kappa shape index (κ3) is 3.61. The smallest absolute Gasteiger partial charge is 0.127 e. The van der Waals surface area contributed by atoms with E-state index in [2.05, 4.69) is 14.9 Å². The predicted octanol–water partition coefficient (Wildman–Crippen LogP) is 2.23. The maximum atomic E-state index is 10.6. The van der Waals surface area contributed by atoms with Crippen LogP contribution in [-0.4, -0.2) is 45.3 Å². The van der Waals surface area contributed by atoms with Gasteiger partial charge in [0.1, 0.15) is 23.8 Å². The van der Waals surface area contributed by atoms with E-state index in [0.717, 1.165) is 41.6 Å². The average molecular weight is 350 g/mol. The zero-order valence-corrected chi connectivity index (χ0v) is 14.5. The van der Waals surface area contributed by atoms with Crippen LogP contribution in [0, 0.1) is 0 Å². The lowest BCUT2D eigenvalue weighted by Crippen LogP contribution is -2.48. The minimum Gasteiger partial charge on any atom is -0.487 e. The Hall–Kier alpha value is -2.70. The molecule has 1 aliphatic heterocycles. The number of aliphatic hydroxyl groups excluding tert-OH is 1. The lowest BCUT2D eigenvalue weighted by Gasteiger charge is -2.36. The van der Waals surface area contributed by atoms with Gasteiger partial charge in [0.15, 0.2) is 0 Å². The van der Waals surface area contributed by atoms with E-state index in [4.69, 9.17) is 10.5 Å². The summed E-state index contributed by atoms with van der Waals surface area (Å²) in [6.07, 6.45) is 5.30. The molecule has 1 saturated heterocycles. The molecule has 2 aromatic heterocycles. The van der Waals surface area contributed by atoms with Gasteiger partial charge in [-0.1, -0.05) is 12.1 Å². The summed E-state index contributed by atoms with van der Waals surface area (Å²) in [7, 11) is 0. The number of β-amino-alcohol motifs (C(OH)–C–C–N with tert-alkyl or cyclic N) is 1. The summed E-state index contributed by atoms with van der Waals surface area (Å²) in [6.45, 7) is 2.17. The number of anilines is 1. The highest BCUT2D eigenvalue weighted by Gasteiger charge is 2.29. The molecule has 0 radical (unpaired) electrons. The Morgan fingerprint density at radius 1 is 1.23 bits per heavy atom. The van der Waals surface area contributed by atoms with Gasteiger partial charge >= 0.3 is 0 Å². The van der Waals surface area contributed by atoms with Crippen molar-refractivity contribution in [3.63, 3.8) is 0 Å². The molecule has 0 saturated carbocycles. The zero-order chi connectivity index (χ0) is 17.9. The number of hydrogen-bond donors (Lipinski definition) is 2. The highest BCUT2D eigenvalue weighted by atomic mass is 16.5. The summed E-state index contributed by atoms with van der Waals surface area (Å²) >= 11 is 0. The number of aliphatic hydroxyl groups is 1. The molecule has 0 amide bonds. The van der Waals surface area contributed by atoms with Crippen LogP contribution in [0.15, 0.2) is 55.0 Å². The SMILES string of the molecule is Nc1cc(CN2CC[C@@H](Oc3cccc4cnccc34)[C@H](O)C2)ccn1. The highest BCUT2D eigenvalue weighted by Crippen LogP contribution is 2.28. The van der Waals surface area contributed by atoms with E-state index in [1.54, 1.807) is 12.4 Å². The predicted molar refractivity (Wildman–Crippen MR) is 101 cm³/mol. The lowest BCUT2D eigenvalue weighted by molar-refractivity contribution is -0.0268. The second-order valence-corrected chi connectivity index (χ2v) is 6.69. The first-order valence-electron chi connectivity index (χ1n) is 8.79. The van der Waals surface area contributed by atoms with Crippen LogP contribution in [0.5, 0.6) is 5.75 Å². The van der Waals surface area contributed by atoms with Crippen molar-refractivity contribution in [3.8, 4) is 5.75 Å². The molecule has 6 nitrogen and oxygen atoms in total. The van der Waals surface area contributed by atoms with Crippen molar-refractivity contribution in [2.45, 2.75) is 25.2 Å². The topological polar surface area (TPSA) is 84.5 Å². The first-order chi connectivity index (χ1) is 12.7. The molecule has 1 aromatic carbocycles. The highest BCUT2D eigenvalue weighted by molar-refractivity contribution is 5.87. The summed E-state index contributed by atoms with van der Waals surface area (Å²) in [5.41, 5.74) is 6.84. The second-order valence-electron chi connectivity index (χ2n) is 6.69. The lowest BCUT2D eigenvalue weighted by atomic mass is 10.0. The second kappa shape index (κ2) is 7.27. The number of benzene rings is 1. The van der Waals surface area contributed by atoms with Gasteiger partial charge in [0.05, 0.1) is 0 Å². The van der Waals surface area contributed by atoms with Crippen molar-refractivity contribution < 1.29 is 9.84 Å². The molecule has 1 fully saturated rings. The molecule has 0 unspecified atom stereocenters. The Morgan fingerprint density at radius 3 is 3.00 bits per heavy atom. The molecule has 4 rings (SSSR count). The molecule has 0 spiro atoms. The van der Waals surface area contributed by atoms with Crippen molar-refractivity contribution in [1.29, 1.82) is 0 Å². The fraction of sp³-hybridized carbons (Fsp3) is 0.300. The van der Waals surface area contributed by atoms with Gasteiger partial charge in [-0.2, -0.15) is 0 Å². The Morgan fingerprint density at radius 2 is 2.15 bits per heavy atom. The van der Waals surface area contributed by atoms with Crippen LogP contribution < -0.4 is 10.5 Å². The first kappa shape index (κ1) is 16.8.